The highest BCUT2D eigenvalue weighted by molar-refractivity contribution is 5.72. The summed E-state index contributed by atoms with van der Waals surface area (Å²) in [5.74, 6) is -1.78. The molecule has 0 amide bonds. The number of hydrogen-bond donors (Lipinski definition) is 1. The predicted octanol–water partition coefficient (Wildman–Crippen LogP) is -0.732. The molecule has 4 heteroatoms. The van der Waals surface area contributed by atoms with E-state index in [1.54, 1.807) is 0 Å². The summed E-state index contributed by atoms with van der Waals surface area (Å²) in [7, 11) is 1.34. The molecule has 0 saturated carbocycles. The molecular formula is C5H8O4. The summed E-state index contributed by atoms with van der Waals surface area (Å²) in [6, 6.07) is 0. The second kappa shape index (κ2) is 1.97. The third-order valence-electron chi connectivity index (χ3n) is 1.26. The third-order valence-corrected chi connectivity index (χ3v) is 1.26. The number of cyclic esters (lactones) is 1. The van der Waals surface area contributed by atoms with Crippen molar-refractivity contribution < 1.29 is 19.4 Å². The van der Waals surface area contributed by atoms with E-state index in [-0.39, 0.29) is 13.0 Å². The first kappa shape index (κ1) is 6.51. The predicted molar refractivity (Wildman–Crippen MR) is 27.5 cm³/mol. The van der Waals surface area contributed by atoms with Gasteiger partial charge in [-0.15, -0.1) is 0 Å². The van der Waals surface area contributed by atoms with Crippen LogP contribution in [0.15, 0.2) is 0 Å². The Kier molecular flexibility index (Phi) is 1.42. The van der Waals surface area contributed by atoms with E-state index in [1.807, 2.05) is 0 Å². The van der Waals surface area contributed by atoms with Gasteiger partial charge < -0.3 is 14.6 Å². The van der Waals surface area contributed by atoms with Gasteiger partial charge in [-0.05, 0) is 0 Å². The first-order valence-electron chi connectivity index (χ1n) is 2.59. The molecule has 1 rings (SSSR count). The minimum atomic E-state index is -1.36. The zero-order valence-corrected chi connectivity index (χ0v) is 5.09. The Bertz CT molecular complexity index is 133. The van der Waals surface area contributed by atoms with Gasteiger partial charge in [0.15, 0.2) is 0 Å². The zero-order valence-electron chi connectivity index (χ0n) is 5.09. The van der Waals surface area contributed by atoms with Crippen molar-refractivity contribution in [3.63, 3.8) is 0 Å². The Morgan fingerprint density at radius 3 is 2.78 bits per heavy atom. The van der Waals surface area contributed by atoms with Crippen LogP contribution in [0.4, 0.5) is 0 Å². The number of carbonyl (C=O) groups excluding carboxylic acids is 1. The van der Waals surface area contributed by atoms with Gasteiger partial charge in [0.05, 0.1) is 0 Å². The van der Waals surface area contributed by atoms with Crippen LogP contribution < -0.4 is 0 Å². The lowest BCUT2D eigenvalue weighted by Crippen LogP contribution is -2.30. The first-order chi connectivity index (χ1) is 4.16. The van der Waals surface area contributed by atoms with Crippen molar-refractivity contribution in [2.75, 3.05) is 13.7 Å². The van der Waals surface area contributed by atoms with Crippen molar-refractivity contribution in [3.05, 3.63) is 0 Å². The topological polar surface area (TPSA) is 55.8 Å². The molecule has 1 saturated heterocycles. The van der Waals surface area contributed by atoms with Gasteiger partial charge in [0, 0.05) is 7.11 Å². The van der Waals surface area contributed by atoms with E-state index < -0.39 is 11.8 Å². The summed E-state index contributed by atoms with van der Waals surface area (Å²) >= 11 is 0. The van der Waals surface area contributed by atoms with E-state index in [2.05, 4.69) is 9.47 Å². The lowest BCUT2D eigenvalue weighted by atomic mass is 10.2. The molecule has 0 aromatic rings. The molecule has 0 radical (unpaired) electrons. The average molecular weight is 132 g/mol. The fraction of sp³-hybridized carbons (Fsp3) is 0.800. The quantitative estimate of drug-likeness (QED) is 0.377. The molecule has 0 aromatic heterocycles. The Morgan fingerprint density at radius 2 is 2.56 bits per heavy atom. The molecule has 1 fully saturated rings. The number of carbonyl (C=O) groups is 1. The molecule has 52 valence electrons. The maximum Gasteiger partial charge on any atom is 0.311 e. The molecule has 0 aliphatic carbocycles. The van der Waals surface area contributed by atoms with Crippen molar-refractivity contribution in [2.24, 2.45) is 0 Å². The van der Waals surface area contributed by atoms with Crippen molar-refractivity contribution in [1.82, 2.24) is 0 Å². The van der Waals surface area contributed by atoms with Gasteiger partial charge in [-0.25, -0.2) is 0 Å². The van der Waals surface area contributed by atoms with Crippen LogP contribution in [0.5, 0.6) is 0 Å². The van der Waals surface area contributed by atoms with Crippen molar-refractivity contribution >= 4 is 5.97 Å². The van der Waals surface area contributed by atoms with Crippen LogP contribution in [-0.4, -0.2) is 30.6 Å². The summed E-state index contributed by atoms with van der Waals surface area (Å²) in [6.45, 7) is -0.0532. The summed E-state index contributed by atoms with van der Waals surface area (Å²) in [5, 5.41) is 9.10. The van der Waals surface area contributed by atoms with Gasteiger partial charge in [0.1, 0.15) is 13.0 Å². The minimum Gasteiger partial charge on any atom is -0.460 e. The fourth-order valence-electron chi connectivity index (χ4n) is 0.652. The molecule has 0 bridgehead atoms. The number of rotatable bonds is 1. The van der Waals surface area contributed by atoms with Gasteiger partial charge in [-0.3, -0.25) is 4.79 Å². The largest absolute Gasteiger partial charge is 0.460 e. The number of ether oxygens (including phenoxy) is 2. The molecule has 0 aromatic carbocycles. The van der Waals surface area contributed by atoms with E-state index in [0.29, 0.717) is 0 Å². The number of aliphatic hydroxyl groups is 1. The molecule has 1 unspecified atom stereocenters. The second-order valence-electron chi connectivity index (χ2n) is 1.99. The number of esters is 1. The van der Waals surface area contributed by atoms with Gasteiger partial charge in [0.25, 0.3) is 0 Å². The molecule has 0 spiro atoms. The second-order valence-corrected chi connectivity index (χ2v) is 1.99. The maximum atomic E-state index is 10.4. The molecule has 1 heterocycles. The Morgan fingerprint density at radius 1 is 1.89 bits per heavy atom. The third kappa shape index (κ3) is 1.20. The first-order valence-corrected chi connectivity index (χ1v) is 2.59. The van der Waals surface area contributed by atoms with Crippen molar-refractivity contribution in [2.45, 2.75) is 12.2 Å². The minimum absolute atomic E-state index is 0.0532. The van der Waals surface area contributed by atoms with Gasteiger partial charge in [-0.1, -0.05) is 0 Å². The highest BCUT2D eigenvalue weighted by Crippen LogP contribution is 2.19. The van der Waals surface area contributed by atoms with Crippen LogP contribution >= 0.6 is 0 Å². The molecule has 1 atom stereocenters. The Balaban J connectivity index is 2.54. The molecule has 1 aliphatic heterocycles. The standard InChI is InChI=1S/C5H8O4/c1-8-5(7)2-4(6)9-3-5/h7H,2-3H2,1H3. The van der Waals surface area contributed by atoms with Gasteiger partial charge in [-0.2, -0.15) is 0 Å². The molecular weight excluding hydrogens is 124 g/mol. The Labute approximate surface area is 52.4 Å². The summed E-state index contributed by atoms with van der Waals surface area (Å²) in [5.41, 5.74) is 0. The molecule has 4 nitrogen and oxygen atoms in total. The maximum absolute atomic E-state index is 10.4. The van der Waals surface area contributed by atoms with E-state index in [0.717, 1.165) is 0 Å². The normalized spacial score (nSPS) is 34.7. The molecule has 1 N–H and O–H groups in total. The van der Waals surface area contributed by atoms with E-state index >= 15 is 0 Å². The number of hydrogen-bond acceptors (Lipinski definition) is 4. The average Bonchev–Trinajstić information content (AvgIpc) is 2.13. The van der Waals surface area contributed by atoms with Crippen LogP contribution in [0.3, 0.4) is 0 Å². The van der Waals surface area contributed by atoms with Crippen LogP contribution in [0.1, 0.15) is 6.42 Å². The zero-order chi connectivity index (χ0) is 6.91. The van der Waals surface area contributed by atoms with E-state index in [9.17, 15) is 4.79 Å². The lowest BCUT2D eigenvalue weighted by Gasteiger charge is -2.14. The van der Waals surface area contributed by atoms with Crippen LogP contribution in [-0.2, 0) is 14.3 Å². The van der Waals surface area contributed by atoms with E-state index in [1.165, 1.54) is 7.11 Å². The molecule has 9 heavy (non-hydrogen) atoms. The summed E-state index contributed by atoms with van der Waals surface area (Å²) in [6.07, 6.45) is -0.0660. The van der Waals surface area contributed by atoms with Crippen molar-refractivity contribution in [3.8, 4) is 0 Å². The van der Waals surface area contributed by atoms with Crippen LogP contribution in [0.2, 0.25) is 0 Å². The fourth-order valence-corrected chi connectivity index (χ4v) is 0.652. The number of methoxy groups -OCH3 is 1. The van der Waals surface area contributed by atoms with Crippen LogP contribution in [0.25, 0.3) is 0 Å². The summed E-state index contributed by atoms with van der Waals surface area (Å²) in [4.78, 5) is 10.4. The highest BCUT2D eigenvalue weighted by Gasteiger charge is 2.38. The lowest BCUT2D eigenvalue weighted by molar-refractivity contribution is -0.181. The monoisotopic (exact) mass is 132 g/mol. The van der Waals surface area contributed by atoms with Gasteiger partial charge >= 0.3 is 5.97 Å². The van der Waals surface area contributed by atoms with Crippen molar-refractivity contribution in [1.29, 1.82) is 0 Å². The molecule has 1 aliphatic rings. The Hall–Kier alpha value is -0.610. The van der Waals surface area contributed by atoms with Crippen LogP contribution in [0, 0.1) is 0 Å². The summed E-state index contributed by atoms with van der Waals surface area (Å²) < 4.78 is 9.02. The van der Waals surface area contributed by atoms with E-state index in [4.69, 9.17) is 5.11 Å². The SMILES string of the molecule is COC1(O)COC(=O)C1. The van der Waals surface area contributed by atoms with Gasteiger partial charge in [0.2, 0.25) is 5.79 Å². The smallest absolute Gasteiger partial charge is 0.311 e. The highest BCUT2D eigenvalue weighted by atomic mass is 16.7.